The van der Waals surface area contributed by atoms with Crippen molar-refractivity contribution in [2.75, 3.05) is 5.73 Å². The lowest BCUT2D eigenvalue weighted by molar-refractivity contribution is 0.0697. The number of aromatic carboxylic acids is 1. The van der Waals surface area contributed by atoms with Gasteiger partial charge in [-0.15, -0.1) is 0 Å². The standard InChI is InChI=1S/C10H8N4O2S/c11-8-6(10(15)16)1-4-13-9(8)17-7-2-3-12-5-14-7/h1-5H,11H2,(H,15,16). The topological polar surface area (TPSA) is 102 Å². The summed E-state index contributed by atoms with van der Waals surface area (Å²) < 4.78 is 0. The van der Waals surface area contributed by atoms with Crippen molar-refractivity contribution in [3.63, 3.8) is 0 Å². The lowest BCUT2D eigenvalue weighted by Crippen LogP contribution is -2.04. The Morgan fingerprint density at radius 3 is 2.76 bits per heavy atom. The number of rotatable bonds is 3. The lowest BCUT2D eigenvalue weighted by atomic mass is 10.2. The average molecular weight is 248 g/mol. The Kier molecular flexibility index (Phi) is 3.20. The van der Waals surface area contributed by atoms with Crippen LogP contribution in [0.25, 0.3) is 0 Å². The first kappa shape index (κ1) is 11.3. The summed E-state index contributed by atoms with van der Waals surface area (Å²) in [5, 5.41) is 9.99. The van der Waals surface area contributed by atoms with Crippen LogP contribution in [-0.2, 0) is 0 Å². The van der Waals surface area contributed by atoms with Gasteiger partial charge in [-0.1, -0.05) is 0 Å². The van der Waals surface area contributed by atoms with E-state index in [0.717, 1.165) is 0 Å². The minimum Gasteiger partial charge on any atom is -0.478 e. The molecule has 0 atom stereocenters. The highest BCUT2D eigenvalue weighted by Crippen LogP contribution is 2.30. The fraction of sp³-hybridized carbons (Fsp3) is 0. The maximum atomic E-state index is 10.9. The highest BCUT2D eigenvalue weighted by Gasteiger charge is 2.13. The quantitative estimate of drug-likeness (QED) is 0.789. The molecule has 7 heteroatoms. The largest absolute Gasteiger partial charge is 0.478 e. The number of hydrogen-bond acceptors (Lipinski definition) is 6. The van der Waals surface area contributed by atoms with E-state index in [1.165, 1.54) is 30.4 Å². The smallest absolute Gasteiger partial charge is 0.337 e. The summed E-state index contributed by atoms with van der Waals surface area (Å²) >= 11 is 1.20. The molecule has 0 fully saturated rings. The normalized spacial score (nSPS) is 10.1. The van der Waals surface area contributed by atoms with Gasteiger partial charge < -0.3 is 10.8 Å². The highest BCUT2D eigenvalue weighted by molar-refractivity contribution is 7.99. The van der Waals surface area contributed by atoms with Gasteiger partial charge in [-0.25, -0.2) is 19.7 Å². The first-order valence-corrected chi connectivity index (χ1v) is 5.42. The fourth-order valence-electron chi connectivity index (χ4n) is 1.16. The van der Waals surface area contributed by atoms with Gasteiger partial charge in [-0.2, -0.15) is 0 Å². The summed E-state index contributed by atoms with van der Waals surface area (Å²) in [7, 11) is 0. The van der Waals surface area contributed by atoms with Gasteiger partial charge in [0.2, 0.25) is 0 Å². The minimum atomic E-state index is -1.07. The second-order valence-electron chi connectivity index (χ2n) is 3.03. The number of carboxylic acid groups (broad SMARTS) is 1. The van der Waals surface area contributed by atoms with E-state index in [2.05, 4.69) is 15.0 Å². The molecule has 0 aromatic carbocycles. The molecule has 0 radical (unpaired) electrons. The van der Waals surface area contributed by atoms with Crippen LogP contribution in [0.1, 0.15) is 10.4 Å². The third-order valence-corrected chi connectivity index (χ3v) is 2.91. The van der Waals surface area contributed by atoms with E-state index in [9.17, 15) is 4.79 Å². The van der Waals surface area contributed by atoms with Gasteiger partial charge in [0.05, 0.1) is 11.3 Å². The first-order valence-electron chi connectivity index (χ1n) is 4.60. The van der Waals surface area contributed by atoms with Crippen molar-refractivity contribution >= 4 is 23.4 Å². The predicted molar refractivity (Wildman–Crippen MR) is 61.8 cm³/mol. The number of anilines is 1. The van der Waals surface area contributed by atoms with Gasteiger partial charge in [0, 0.05) is 12.4 Å². The monoisotopic (exact) mass is 248 g/mol. The Morgan fingerprint density at radius 2 is 2.12 bits per heavy atom. The molecule has 86 valence electrons. The Bertz CT molecular complexity index is 547. The number of nitrogens with zero attached hydrogens (tertiary/aromatic N) is 3. The number of carboxylic acids is 1. The number of nitrogens with two attached hydrogens (primary N) is 1. The zero-order valence-electron chi connectivity index (χ0n) is 8.57. The molecule has 2 heterocycles. The molecule has 17 heavy (non-hydrogen) atoms. The van der Waals surface area contributed by atoms with E-state index < -0.39 is 5.97 Å². The van der Waals surface area contributed by atoms with Crippen LogP contribution < -0.4 is 5.73 Å². The lowest BCUT2D eigenvalue weighted by Gasteiger charge is -2.05. The molecule has 2 rings (SSSR count). The molecule has 0 spiro atoms. The van der Waals surface area contributed by atoms with Crippen LogP contribution in [0.5, 0.6) is 0 Å². The van der Waals surface area contributed by atoms with Gasteiger partial charge in [0.15, 0.2) is 0 Å². The van der Waals surface area contributed by atoms with Crippen LogP contribution in [0, 0.1) is 0 Å². The summed E-state index contributed by atoms with van der Waals surface area (Å²) in [4.78, 5) is 22.7. The molecular formula is C10H8N4O2S. The van der Waals surface area contributed by atoms with E-state index in [1.54, 1.807) is 12.3 Å². The molecule has 0 aliphatic carbocycles. The Labute approximate surface area is 101 Å². The third kappa shape index (κ3) is 2.51. The number of hydrogen-bond donors (Lipinski definition) is 2. The second kappa shape index (κ2) is 4.79. The van der Waals surface area contributed by atoms with Gasteiger partial charge in [-0.05, 0) is 23.9 Å². The highest BCUT2D eigenvalue weighted by atomic mass is 32.2. The molecular weight excluding hydrogens is 240 g/mol. The van der Waals surface area contributed by atoms with Crippen LogP contribution in [0.2, 0.25) is 0 Å². The van der Waals surface area contributed by atoms with Crippen molar-refractivity contribution in [1.29, 1.82) is 0 Å². The van der Waals surface area contributed by atoms with Crippen molar-refractivity contribution < 1.29 is 9.90 Å². The van der Waals surface area contributed by atoms with Crippen molar-refractivity contribution in [3.8, 4) is 0 Å². The maximum Gasteiger partial charge on any atom is 0.337 e. The van der Waals surface area contributed by atoms with Gasteiger partial charge in [0.1, 0.15) is 16.4 Å². The number of carbonyl (C=O) groups is 1. The summed E-state index contributed by atoms with van der Waals surface area (Å²) in [5.74, 6) is -1.07. The van der Waals surface area contributed by atoms with Crippen molar-refractivity contribution in [1.82, 2.24) is 15.0 Å². The van der Waals surface area contributed by atoms with Gasteiger partial charge >= 0.3 is 5.97 Å². The fourth-order valence-corrected chi connectivity index (χ4v) is 1.92. The Morgan fingerprint density at radius 1 is 1.29 bits per heavy atom. The second-order valence-corrected chi connectivity index (χ2v) is 4.04. The van der Waals surface area contributed by atoms with E-state index in [0.29, 0.717) is 10.1 Å². The average Bonchev–Trinajstić information content (AvgIpc) is 2.33. The van der Waals surface area contributed by atoms with Crippen molar-refractivity contribution in [2.24, 2.45) is 0 Å². The Balaban J connectivity index is 2.34. The van der Waals surface area contributed by atoms with E-state index in [-0.39, 0.29) is 11.3 Å². The molecule has 2 aromatic heterocycles. The van der Waals surface area contributed by atoms with Crippen LogP contribution in [0.3, 0.4) is 0 Å². The molecule has 0 unspecified atom stereocenters. The van der Waals surface area contributed by atoms with Crippen LogP contribution in [0.15, 0.2) is 40.9 Å². The third-order valence-electron chi connectivity index (χ3n) is 1.94. The van der Waals surface area contributed by atoms with E-state index in [1.807, 2.05) is 0 Å². The number of pyridine rings is 1. The summed E-state index contributed by atoms with van der Waals surface area (Å²) in [5.41, 5.74) is 5.91. The molecule has 3 N–H and O–H groups in total. The molecule has 0 amide bonds. The summed E-state index contributed by atoms with van der Waals surface area (Å²) in [6.07, 6.45) is 4.40. The van der Waals surface area contributed by atoms with Gasteiger partial charge in [-0.3, -0.25) is 0 Å². The molecule has 6 nitrogen and oxygen atoms in total. The minimum absolute atomic E-state index is 0.0385. The first-order chi connectivity index (χ1) is 8.18. The zero-order valence-corrected chi connectivity index (χ0v) is 9.39. The SMILES string of the molecule is Nc1c(C(=O)O)ccnc1Sc1ccncn1. The predicted octanol–water partition coefficient (Wildman–Crippen LogP) is 1.30. The van der Waals surface area contributed by atoms with Gasteiger partial charge in [0.25, 0.3) is 0 Å². The van der Waals surface area contributed by atoms with Crippen molar-refractivity contribution in [2.45, 2.75) is 10.1 Å². The van der Waals surface area contributed by atoms with Crippen molar-refractivity contribution in [3.05, 3.63) is 36.4 Å². The molecule has 0 aliphatic heterocycles. The molecule has 0 bridgehead atoms. The van der Waals surface area contributed by atoms with E-state index in [4.69, 9.17) is 10.8 Å². The van der Waals surface area contributed by atoms with Crippen LogP contribution >= 0.6 is 11.8 Å². The number of nitrogen functional groups attached to an aromatic ring is 1. The van der Waals surface area contributed by atoms with Crippen LogP contribution in [0.4, 0.5) is 5.69 Å². The summed E-state index contributed by atoms with van der Waals surface area (Å²) in [6, 6.07) is 3.06. The molecule has 0 saturated heterocycles. The van der Waals surface area contributed by atoms with Crippen LogP contribution in [-0.4, -0.2) is 26.0 Å². The number of aromatic nitrogens is 3. The van der Waals surface area contributed by atoms with E-state index >= 15 is 0 Å². The Hall–Kier alpha value is -2.15. The molecule has 0 saturated carbocycles. The molecule has 2 aromatic rings. The summed E-state index contributed by atoms with van der Waals surface area (Å²) in [6.45, 7) is 0. The zero-order chi connectivity index (χ0) is 12.3. The molecule has 0 aliphatic rings. The maximum absolute atomic E-state index is 10.9.